The van der Waals surface area contributed by atoms with Crippen molar-refractivity contribution < 1.29 is 28.6 Å². The SMILES string of the molecule is CCCCCCCCCCCC(=O)O[C@@H](COC(=O)CCCCCCCCCCCCCCCCCC(C)C)COC(=O)CCCCCCCCCCCCC(C)C. The highest BCUT2D eigenvalue weighted by molar-refractivity contribution is 5.71. The second-order valence-electron chi connectivity index (χ2n) is 18.8. The largest absolute Gasteiger partial charge is 0.462 e. The summed E-state index contributed by atoms with van der Waals surface area (Å²) in [5, 5.41) is 0. The van der Waals surface area contributed by atoms with E-state index in [-0.39, 0.29) is 31.1 Å². The smallest absolute Gasteiger partial charge is 0.306 e. The summed E-state index contributed by atoms with van der Waals surface area (Å²) in [7, 11) is 0. The van der Waals surface area contributed by atoms with Gasteiger partial charge in [0, 0.05) is 19.3 Å². The third kappa shape index (κ3) is 45.5. The van der Waals surface area contributed by atoms with Crippen LogP contribution in [-0.4, -0.2) is 37.2 Å². The summed E-state index contributed by atoms with van der Waals surface area (Å²) in [4.78, 5) is 37.8. The molecule has 0 aliphatic rings. The van der Waals surface area contributed by atoms with E-state index < -0.39 is 6.10 Å². The van der Waals surface area contributed by atoms with Crippen molar-refractivity contribution in [1.82, 2.24) is 0 Å². The number of carbonyl (C=O) groups excluding carboxylic acids is 3. The lowest BCUT2D eigenvalue weighted by molar-refractivity contribution is -0.167. The Morgan fingerprint density at radius 1 is 0.328 bits per heavy atom. The van der Waals surface area contributed by atoms with Crippen LogP contribution in [0.2, 0.25) is 0 Å². The van der Waals surface area contributed by atoms with Gasteiger partial charge in [-0.2, -0.15) is 0 Å². The summed E-state index contributed by atoms with van der Waals surface area (Å²) in [5.41, 5.74) is 0. The Labute approximate surface area is 361 Å². The van der Waals surface area contributed by atoms with Gasteiger partial charge < -0.3 is 14.2 Å². The summed E-state index contributed by atoms with van der Waals surface area (Å²) in [6.07, 6.45) is 45.2. The summed E-state index contributed by atoms with van der Waals surface area (Å²) >= 11 is 0. The quantitative estimate of drug-likeness (QED) is 0.0346. The van der Waals surface area contributed by atoms with Gasteiger partial charge in [-0.25, -0.2) is 0 Å². The van der Waals surface area contributed by atoms with Gasteiger partial charge in [-0.05, 0) is 31.1 Å². The van der Waals surface area contributed by atoms with Gasteiger partial charge in [0.05, 0.1) is 0 Å². The molecule has 0 spiro atoms. The normalized spacial score (nSPS) is 12.1. The first-order chi connectivity index (χ1) is 28.2. The van der Waals surface area contributed by atoms with Gasteiger partial charge in [-0.1, -0.05) is 247 Å². The molecule has 0 fully saturated rings. The van der Waals surface area contributed by atoms with Crippen LogP contribution in [0.3, 0.4) is 0 Å². The minimum atomic E-state index is -0.760. The van der Waals surface area contributed by atoms with Gasteiger partial charge in [0.2, 0.25) is 0 Å². The monoisotopic (exact) mass is 821 g/mol. The fourth-order valence-electron chi connectivity index (χ4n) is 7.81. The summed E-state index contributed by atoms with van der Waals surface area (Å²) in [6, 6.07) is 0. The van der Waals surface area contributed by atoms with Crippen LogP contribution in [0.15, 0.2) is 0 Å². The number of rotatable bonds is 46. The van der Waals surface area contributed by atoms with Crippen LogP contribution in [-0.2, 0) is 28.6 Å². The summed E-state index contributed by atoms with van der Waals surface area (Å²) in [6.45, 7) is 11.4. The number of unbranched alkanes of at least 4 members (excludes halogenated alkanes) is 31. The summed E-state index contributed by atoms with van der Waals surface area (Å²) < 4.78 is 16.8. The molecule has 0 bridgehead atoms. The van der Waals surface area contributed by atoms with E-state index in [0.717, 1.165) is 69.6 Å². The van der Waals surface area contributed by atoms with Crippen molar-refractivity contribution >= 4 is 17.9 Å². The molecule has 0 aromatic rings. The number of ether oxygens (including phenoxy) is 3. The molecule has 0 saturated carbocycles. The maximum atomic E-state index is 12.7. The molecular weight excluding hydrogens is 721 g/mol. The molecule has 0 aliphatic carbocycles. The Hall–Kier alpha value is -1.59. The molecule has 0 aliphatic heterocycles. The van der Waals surface area contributed by atoms with Crippen LogP contribution in [0, 0.1) is 11.8 Å². The van der Waals surface area contributed by atoms with Crippen LogP contribution in [0.4, 0.5) is 0 Å². The van der Waals surface area contributed by atoms with Crippen LogP contribution < -0.4 is 0 Å². The lowest BCUT2D eigenvalue weighted by atomic mass is 10.0. The highest BCUT2D eigenvalue weighted by Crippen LogP contribution is 2.17. The molecule has 0 aromatic heterocycles. The van der Waals surface area contributed by atoms with Crippen molar-refractivity contribution in [3.63, 3.8) is 0 Å². The van der Waals surface area contributed by atoms with E-state index in [1.807, 2.05) is 0 Å². The molecule has 0 rings (SSSR count). The third-order valence-electron chi connectivity index (χ3n) is 11.7. The number of esters is 3. The fraction of sp³-hybridized carbons (Fsp3) is 0.942. The average Bonchev–Trinajstić information content (AvgIpc) is 3.19. The molecule has 0 aromatic carbocycles. The second-order valence-corrected chi connectivity index (χ2v) is 18.8. The molecule has 1 atom stereocenters. The van der Waals surface area contributed by atoms with Gasteiger partial charge in [-0.15, -0.1) is 0 Å². The maximum Gasteiger partial charge on any atom is 0.306 e. The Kier molecular flexibility index (Phi) is 43.7. The molecule has 6 nitrogen and oxygen atoms in total. The van der Waals surface area contributed by atoms with E-state index in [4.69, 9.17) is 14.2 Å². The molecule has 0 heterocycles. The van der Waals surface area contributed by atoms with E-state index in [1.165, 1.54) is 173 Å². The Morgan fingerprint density at radius 3 is 0.845 bits per heavy atom. The van der Waals surface area contributed by atoms with Crippen LogP contribution in [0.5, 0.6) is 0 Å². The lowest BCUT2D eigenvalue weighted by Crippen LogP contribution is -2.30. The van der Waals surface area contributed by atoms with Gasteiger partial charge in [0.25, 0.3) is 0 Å². The number of hydrogen-bond donors (Lipinski definition) is 0. The molecule has 58 heavy (non-hydrogen) atoms. The average molecular weight is 821 g/mol. The van der Waals surface area contributed by atoms with E-state index in [9.17, 15) is 14.4 Å². The molecule has 0 N–H and O–H groups in total. The van der Waals surface area contributed by atoms with Gasteiger partial charge >= 0.3 is 17.9 Å². The number of hydrogen-bond acceptors (Lipinski definition) is 6. The van der Waals surface area contributed by atoms with Crippen molar-refractivity contribution in [1.29, 1.82) is 0 Å². The first-order valence-corrected chi connectivity index (χ1v) is 25.7. The second kappa shape index (κ2) is 44.9. The van der Waals surface area contributed by atoms with Crippen LogP contribution in [0.25, 0.3) is 0 Å². The van der Waals surface area contributed by atoms with E-state index >= 15 is 0 Å². The van der Waals surface area contributed by atoms with Crippen molar-refractivity contribution in [2.24, 2.45) is 11.8 Å². The van der Waals surface area contributed by atoms with Crippen molar-refractivity contribution in [2.45, 2.75) is 291 Å². The van der Waals surface area contributed by atoms with E-state index in [0.29, 0.717) is 19.3 Å². The fourth-order valence-corrected chi connectivity index (χ4v) is 7.81. The first-order valence-electron chi connectivity index (χ1n) is 25.7. The highest BCUT2D eigenvalue weighted by atomic mass is 16.6. The zero-order chi connectivity index (χ0) is 42.6. The predicted octanol–water partition coefficient (Wildman–Crippen LogP) is 16.5. The van der Waals surface area contributed by atoms with Crippen molar-refractivity contribution in [2.75, 3.05) is 13.2 Å². The lowest BCUT2D eigenvalue weighted by Gasteiger charge is -2.18. The topological polar surface area (TPSA) is 78.9 Å². The standard InChI is InChI=1S/C52H100O6/c1-6-7-8-9-10-20-29-34-39-44-52(55)58-49(46-57-51(54)43-38-33-28-24-19-18-22-26-31-36-41-48(4)5)45-56-50(53)42-37-32-27-23-17-15-13-11-12-14-16-21-25-30-35-40-47(2)3/h47-49H,6-46H2,1-5H3/t49-/m0/s1. The van der Waals surface area contributed by atoms with Gasteiger partial charge in [0.15, 0.2) is 6.10 Å². The molecular formula is C52H100O6. The molecule has 0 saturated heterocycles. The molecule has 6 heteroatoms. The molecule has 344 valence electrons. The van der Waals surface area contributed by atoms with Crippen LogP contribution >= 0.6 is 0 Å². The minimum absolute atomic E-state index is 0.0639. The Balaban J connectivity index is 4.22. The van der Waals surface area contributed by atoms with Crippen LogP contribution in [0.1, 0.15) is 285 Å². The highest BCUT2D eigenvalue weighted by Gasteiger charge is 2.19. The van der Waals surface area contributed by atoms with Crippen molar-refractivity contribution in [3.8, 4) is 0 Å². The number of carbonyl (C=O) groups is 3. The molecule has 0 radical (unpaired) electrons. The Morgan fingerprint density at radius 2 is 0.569 bits per heavy atom. The Bertz CT molecular complexity index is 885. The molecule has 0 unspecified atom stereocenters. The van der Waals surface area contributed by atoms with Gasteiger partial charge in [0.1, 0.15) is 13.2 Å². The maximum absolute atomic E-state index is 12.7. The predicted molar refractivity (Wildman–Crippen MR) is 247 cm³/mol. The summed E-state index contributed by atoms with van der Waals surface area (Å²) in [5.74, 6) is 0.816. The van der Waals surface area contributed by atoms with E-state index in [2.05, 4.69) is 34.6 Å². The molecule has 0 amide bonds. The minimum Gasteiger partial charge on any atom is -0.462 e. The van der Waals surface area contributed by atoms with Gasteiger partial charge in [-0.3, -0.25) is 14.4 Å². The van der Waals surface area contributed by atoms with Crippen molar-refractivity contribution in [3.05, 3.63) is 0 Å². The third-order valence-corrected chi connectivity index (χ3v) is 11.7. The first kappa shape index (κ1) is 56.4. The zero-order valence-electron chi connectivity index (χ0n) is 39.7. The zero-order valence-corrected chi connectivity index (χ0v) is 39.7. The van der Waals surface area contributed by atoms with E-state index in [1.54, 1.807) is 0 Å².